The van der Waals surface area contributed by atoms with Crippen LogP contribution in [0.25, 0.3) is 0 Å². The lowest BCUT2D eigenvalue weighted by Crippen LogP contribution is -2.40. The van der Waals surface area contributed by atoms with Crippen LogP contribution in [0.2, 0.25) is 0 Å². The highest BCUT2D eigenvalue weighted by Crippen LogP contribution is 2.21. The van der Waals surface area contributed by atoms with E-state index in [2.05, 4.69) is 5.32 Å². The van der Waals surface area contributed by atoms with E-state index in [0.717, 1.165) is 16.2 Å². The molecule has 0 unspecified atom stereocenters. The van der Waals surface area contributed by atoms with Gasteiger partial charge in [-0.25, -0.2) is 0 Å². The molecule has 6 nitrogen and oxygen atoms in total. The fourth-order valence-corrected chi connectivity index (χ4v) is 2.89. The number of hydrogen-bond donors (Lipinski definition) is 1. The summed E-state index contributed by atoms with van der Waals surface area (Å²) in [5.74, 6) is -1.18. The van der Waals surface area contributed by atoms with Crippen molar-refractivity contribution in [2.24, 2.45) is 0 Å². The van der Waals surface area contributed by atoms with Crippen LogP contribution in [0.5, 0.6) is 0 Å². The van der Waals surface area contributed by atoms with Crippen molar-refractivity contribution >= 4 is 23.4 Å². The van der Waals surface area contributed by atoms with Crippen molar-refractivity contribution in [3.05, 3.63) is 65.2 Å². The largest absolute Gasteiger partial charge is 0.378 e. The van der Waals surface area contributed by atoms with Crippen molar-refractivity contribution in [3.8, 4) is 0 Å². The van der Waals surface area contributed by atoms with Crippen molar-refractivity contribution in [1.82, 2.24) is 10.2 Å². The van der Waals surface area contributed by atoms with Gasteiger partial charge in [-0.15, -0.1) is 0 Å². The van der Waals surface area contributed by atoms with Crippen LogP contribution < -0.4 is 10.2 Å². The highest BCUT2D eigenvalue weighted by Gasteiger charge is 2.36. The first-order chi connectivity index (χ1) is 12.5. The number of carbonyl (C=O) groups excluding carboxylic acids is 3. The van der Waals surface area contributed by atoms with Gasteiger partial charge in [0, 0.05) is 26.3 Å². The molecule has 0 saturated carbocycles. The van der Waals surface area contributed by atoms with Crippen molar-refractivity contribution in [2.45, 2.75) is 6.42 Å². The summed E-state index contributed by atoms with van der Waals surface area (Å²) in [7, 11) is 3.96. The second-order valence-corrected chi connectivity index (χ2v) is 6.40. The molecule has 0 fully saturated rings. The summed E-state index contributed by atoms with van der Waals surface area (Å²) >= 11 is 0. The Morgan fingerprint density at radius 2 is 1.54 bits per heavy atom. The van der Waals surface area contributed by atoms with Crippen LogP contribution >= 0.6 is 0 Å². The Balaban J connectivity index is 1.51. The van der Waals surface area contributed by atoms with E-state index >= 15 is 0 Å². The van der Waals surface area contributed by atoms with Crippen LogP contribution in [-0.4, -0.2) is 49.8 Å². The molecule has 2 aromatic carbocycles. The van der Waals surface area contributed by atoms with E-state index in [4.69, 9.17) is 0 Å². The van der Waals surface area contributed by atoms with Gasteiger partial charge in [-0.3, -0.25) is 19.3 Å². The van der Waals surface area contributed by atoms with Gasteiger partial charge in [0.1, 0.15) is 6.54 Å². The molecule has 0 atom stereocenters. The van der Waals surface area contributed by atoms with Gasteiger partial charge in [0.25, 0.3) is 11.8 Å². The molecule has 0 bridgehead atoms. The molecular formula is C20H21N3O3. The number of anilines is 1. The van der Waals surface area contributed by atoms with Crippen LogP contribution in [0.3, 0.4) is 0 Å². The van der Waals surface area contributed by atoms with Crippen molar-refractivity contribution in [3.63, 3.8) is 0 Å². The van der Waals surface area contributed by atoms with Crippen LogP contribution in [0.1, 0.15) is 26.3 Å². The topological polar surface area (TPSA) is 69.7 Å². The van der Waals surface area contributed by atoms with Gasteiger partial charge in [0.2, 0.25) is 5.91 Å². The first kappa shape index (κ1) is 17.7. The lowest BCUT2D eigenvalue weighted by atomic mass is 10.1. The zero-order valence-corrected chi connectivity index (χ0v) is 14.9. The minimum atomic E-state index is -0.417. The third-order valence-electron chi connectivity index (χ3n) is 4.37. The minimum absolute atomic E-state index is 0.258. The van der Waals surface area contributed by atoms with Gasteiger partial charge < -0.3 is 10.2 Å². The molecule has 0 aliphatic carbocycles. The van der Waals surface area contributed by atoms with Crippen molar-refractivity contribution in [2.75, 3.05) is 32.1 Å². The number of benzene rings is 2. The predicted octanol–water partition coefficient (Wildman–Crippen LogP) is 1.71. The maximum Gasteiger partial charge on any atom is 0.262 e. The van der Waals surface area contributed by atoms with E-state index in [9.17, 15) is 14.4 Å². The molecule has 134 valence electrons. The molecule has 1 aliphatic heterocycles. The van der Waals surface area contributed by atoms with Crippen molar-refractivity contribution in [1.29, 1.82) is 0 Å². The summed E-state index contributed by atoms with van der Waals surface area (Å²) in [4.78, 5) is 39.6. The van der Waals surface area contributed by atoms with E-state index in [1.165, 1.54) is 0 Å². The monoisotopic (exact) mass is 351 g/mol. The average molecular weight is 351 g/mol. The Hall–Kier alpha value is -3.15. The van der Waals surface area contributed by atoms with E-state index in [1.807, 2.05) is 43.3 Å². The van der Waals surface area contributed by atoms with Crippen LogP contribution in [-0.2, 0) is 11.2 Å². The van der Waals surface area contributed by atoms with Crippen molar-refractivity contribution < 1.29 is 14.4 Å². The Bertz CT molecular complexity index is 809. The number of amides is 3. The number of nitrogens with one attached hydrogen (secondary N) is 1. The highest BCUT2D eigenvalue weighted by molar-refractivity contribution is 6.22. The van der Waals surface area contributed by atoms with Crippen LogP contribution in [0.4, 0.5) is 5.69 Å². The Morgan fingerprint density at radius 1 is 0.962 bits per heavy atom. The minimum Gasteiger partial charge on any atom is -0.378 e. The zero-order chi connectivity index (χ0) is 18.7. The number of rotatable bonds is 6. The van der Waals surface area contributed by atoms with Gasteiger partial charge >= 0.3 is 0 Å². The molecule has 3 amide bonds. The summed E-state index contributed by atoms with van der Waals surface area (Å²) in [5, 5.41) is 2.77. The number of fused-ring (bicyclic) bond motifs is 1. The number of imide groups is 1. The molecule has 3 rings (SSSR count). The quantitative estimate of drug-likeness (QED) is 0.805. The third kappa shape index (κ3) is 3.59. The van der Waals surface area contributed by atoms with E-state index in [-0.39, 0.29) is 12.5 Å². The molecule has 1 aliphatic rings. The Labute approximate surface area is 152 Å². The molecule has 0 radical (unpaired) electrons. The van der Waals surface area contributed by atoms with E-state index in [1.54, 1.807) is 24.3 Å². The highest BCUT2D eigenvalue weighted by atomic mass is 16.2. The third-order valence-corrected chi connectivity index (χ3v) is 4.37. The second-order valence-electron chi connectivity index (χ2n) is 6.40. The summed E-state index contributed by atoms with van der Waals surface area (Å²) < 4.78 is 0. The van der Waals surface area contributed by atoms with Gasteiger partial charge in [-0.2, -0.15) is 0 Å². The summed E-state index contributed by atoms with van der Waals surface area (Å²) in [6, 6.07) is 14.7. The van der Waals surface area contributed by atoms with Crippen LogP contribution in [0, 0.1) is 0 Å². The summed E-state index contributed by atoms with van der Waals surface area (Å²) in [5.41, 5.74) is 2.93. The van der Waals surface area contributed by atoms with Crippen LogP contribution in [0.15, 0.2) is 48.5 Å². The lowest BCUT2D eigenvalue weighted by Gasteiger charge is -2.14. The normalized spacial score (nSPS) is 12.9. The fraction of sp³-hybridized carbons (Fsp3) is 0.250. The Morgan fingerprint density at radius 3 is 2.08 bits per heavy atom. The standard InChI is InChI=1S/C20H21N3O3/c1-22(2)15-9-7-14(8-10-15)11-12-21-18(24)13-23-19(25)16-5-3-4-6-17(16)20(23)26/h3-10H,11-13H2,1-2H3,(H,21,24). The first-order valence-electron chi connectivity index (χ1n) is 8.45. The first-order valence-corrected chi connectivity index (χ1v) is 8.45. The molecule has 2 aromatic rings. The molecule has 1 N–H and O–H groups in total. The summed E-state index contributed by atoms with van der Waals surface area (Å²) in [6.07, 6.45) is 0.682. The summed E-state index contributed by atoms with van der Waals surface area (Å²) in [6.45, 7) is 0.190. The molecule has 0 saturated heterocycles. The second kappa shape index (κ2) is 7.39. The van der Waals surface area contributed by atoms with Gasteiger partial charge in [0.15, 0.2) is 0 Å². The number of hydrogen-bond acceptors (Lipinski definition) is 4. The number of carbonyl (C=O) groups is 3. The molecule has 0 aromatic heterocycles. The maximum atomic E-state index is 12.2. The van der Waals surface area contributed by atoms with E-state index < -0.39 is 11.8 Å². The molecule has 6 heteroatoms. The molecular weight excluding hydrogens is 330 g/mol. The van der Waals surface area contributed by atoms with Gasteiger partial charge in [-0.1, -0.05) is 24.3 Å². The Kier molecular flexibility index (Phi) is 5.02. The average Bonchev–Trinajstić information content (AvgIpc) is 2.87. The molecule has 26 heavy (non-hydrogen) atoms. The van der Waals surface area contributed by atoms with Gasteiger partial charge in [-0.05, 0) is 36.2 Å². The van der Waals surface area contributed by atoms with E-state index in [0.29, 0.717) is 24.1 Å². The number of nitrogens with zero attached hydrogens (tertiary/aromatic N) is 2. The maximum absolute atomic E-state index is 12.2. The molecule has 0 spiro atoms. The zero-order valence-electron chi connectivity index (χ0n) is 14.9. The smallest absolute Gasteiger partial charge is 0.262 e. The lowest BCUT2D eigenvalue weighted by molar-refractivity contribution is -0.121. The molecule has 1 heterocycles. The van der Waals surface area contributed by atoms with Gasteiger partial charge in [0.05, 0.1) is 11.1 Å². The fourth-order valence-electron chi connectivity index (χ4n) is 2.89. The SMILES string of the molecule is CN(C)c1ccc(CCNC(=O)CN2C(=O)c3ccccc3C2=O)cc1. The predicted molar refractivity (Wildman–Crippen MR) is 99.3 cm³/mol.